The van der Waals surface area contributed by atoms with Crippen LogP contribution in [-0.2, 0) is 24.0 Å². The largest absolute Gasteiger partial charge is 0.360 e. The highest BCUT2D eigenvalue weighted by Gasteiger charge is 2.44. The third kappa shape index (κ3) is 12.6. The van der Waals surface area contributed by atoms with E-state index < -0.39 is 52.9 Å². The summed E-state index contributed by atoms with van der Waals surface area (Å²) in [6.07, 6.45) is 3.07. The maximum Gasteiger partial charge on any atom is 0.244 e. The number of amidine groups is 1. The first-order chi connectivity index (χ1) is 28.8. The number of nitrogens with one attached hydrogen (secondary N) is 5. The molecule has 0 radical (unpaired) electrons. The Bertz CT molecular complexity index is 1840. The normalized spacial score (nSPS) is 24.2. The van der Waals surface area contributed by atoms with E-state index in [4.69, 9.17) is 4.99 Å². The molecule has 3 aliphatic rings. The second-order valence-corrected chi connectivity index (χ2v) is 21.5. The van der Waals surface area contributed by atoms with Crippen molar-refractivity contribution >= 4 is 58.5 Å². The molecule has 8 atom stereocenters. The van der Waals surface area contributed by atoms with E-state index in [0.717, 1.165) is 41.7 Å². The number of thioether (sulfide) groups is 1. The first-order valence-corrected chi connectivity index (χ1v) is 23.9. The predicted octanol–water partition coefficient (Wildman–Crippen LogP) is 4.35. The zero-order chi connectivity index (χ0) is 44.6. The zero-order valence-electron chi connectivity index (χ0n) is 37.7. The van der Waals surface area contributed by atoms with Crippen molar-refractivity contribution in [1.82, 2.24) is 41.4 Å². The van der Waals surface area contributed by atoms with Gasteiger partial charge in [0.15, 0.2) is 0 Å². The summed E-state index contributed by atoms with van der Waals surface area (Å²) < 4.78 is 0. The topological polar surface area (TPSA) is 177 Å². The van der Waals surface area contributed by atoms with Gasteiger partial charge in [0.1, 0.15) is 41.6 Å². The number of hydrogen-bond donors (Lipinski definition) is 5. The molecule has 5 rings (SSSR count). The Morgan fingerprint density at radius 3 is 2.21 bits per heavy atom. The highest BCUT2D eigenvalue weighted by Crippen LogP contribution is 2.29. The van der Waals surface area contributed by atoms with Crippen molar-refractivity contribution in [3.63, 3.8) is 0 Å². The van der Waals surface area contributed by atoms with Gasteiger partial charge in [0.05, 0.1) is 12.1 Å². The molecule has 16 heteroatoms. The van der Waals surface area contributed by atoms with Crippen molar-refractivity contribution in [3.8, 4) is 0 Å². The first-order valence-electron chi connectivity index (χ1n) is 21.8. The van der Waals surface area contributed by atoms with Crippen LogP contribution in [0.2, 0.25) is 0 Å². The lowest BCUT2D eigenvalue weighted by atomic mass is 9.82. The standard InChI is InChI=1S/C45H69N9O5S2/c1-27(2)33-39(56)52-36(44(5,6)7)38(47-26-32(55)54-20-16-28(3)35(54)41(58)49-33)51-37(45(8,9)10)42(59)50-34(29(4)30-14-12-11-13-15-30)40(57)48-31(43-46-18-23-61-43)17-19-53-21-24-60-25-22-53/h11-15,18,23,27-29,31,33-37H,16-17,19-22,24-26H2,1-10H3,(H,47,51)(H,48,57)(H,49,58)(H,50,59)(H,52,56)/t28-,29?,31+,33+,34+,35+,36-,37-/m1/s1. The van der Waals surface area contributed by atoms with Crippen LogP contribution in [-0.4, -0.2) is 125 Å². The highest BCUT2D eigenvalue weighted by molar-refractivity contribution is 7.99. The van der Waals surface area contributed by atoms with Crippen LogP contribution in [0.1, 0.15) is 105 Å². The highest BCUT2D eigenvalue weighted by atomic mass is 32.2. The van der Waals surface area contributed by atoms with Crippen molar-refractivity contribution in [1.29, 1.82) is 0 Å². The summed E-state index contributed by atoms with van der Waals surface area (Å²) in [6, 6.07) is 4.96. The fraction of sp³-hybridized carbons (Fsp3) is 0.667. The molecular formula is C45H69N9O5S2. The van der Waals surface area contributed by atoms with Gasteiger partial charge in [0.25, 0.3) is 0 Å². The van der Waals surface area contributed by atoms with Gasteiger partial charge in [-0.15, -0.1) is 11.3 Å². The summed E-state index contributed by atoms with van der Waals surface area (Å²) in [7, 11) is 0. The number of carbonyl (C=O) groups excluding carboxylic acids is 5. The molecule has 0 spiro atoms. The van der Waals surface area contributed by atoms with Crippen molar-refractivity contribution in [2.24, 2.45) is 27.7 Å². The number of hydrogen-bond acceptors (Lipinski definition) is 11. The summed E-state index contributed by atoms with van der Waals surface area (Å²) in [4.78, 5) is 84.9. The maximum absolute atomic E-state index is 14.9. The van der Waals surface area contributed by atoms with Gasteiger partial charge in [0, 0.05) is 55.2 Å². The quantitative estimate of drug-likeness (QED) is 0.208. The van der Waals surface area contributed by atoms with Crippen molar-refractivity contribution in [3.05, 3.63) is 52.5 Å². The smallest absolute Gasteiger partial charge is 0.244 e. The molecule has 2 fully saturated rings. The number of aromatic nitrogens is 1. The minimum Gasteiger partial charge on any atom is -0.360 e. The second kappa shape index (κ2) is 20.9. The van der Waals surface area contributed by atoms with Crippen molar-refractivity contribution in [2.75, 3.05) is 44.2 Å². The molecule has 1 aromatic carbocycles. The number of nitrogens with zero attached hydrogens (tertiary/aromatic N) is 4. The van der Waals surface area contributed by atoms with Crippen LogP contribution in [0, 0.1) is 22.7 Å². The molecule has 61 heavy (non-hydrogen) atoms. The molecule has 5 N–H and O–H groups in total. The van der Waals surface area contributed by atoms with Gasteiger partial charge >= 0.3 is 0 Å². The lowest BCUT2D eigenvalue weighted by Crippen LogP contribution is -2.65. The predicted molar refractivity (Wildman–Crippen MR) is 244 cm³/mol. The molecule has 1 unspecified atom stereocenters. The molecule has 14 nitrogen and oxygen atoms in total. The maximum atomic E-state index is 14.9. The minimum atomic E-state index is -0.974. The Hall–Kier alpha value is -4.02. The monoisotopic (exact) mass is 879 g/mol. The minimum absolute atomic E-state index is 0.102. The summed E-state index contributed by atoms with van der Waals surface area (Å²) in [6.45, 7) is 22.1. The lowest BCUT2D eigenvalue weighted by molar-refractivity contribution is -0.140. The average Bonchev–Trinajstić information content (AvgIpc) is 3.89. The molecular weight excluding hydrogens is 811 g/mol. The number of benzene rings is 1. The second-order valence-electron chi connectivity index (χ2n) is 19.3. The number of thiazole rings is 1. The van der Waals surface area contributed by atoms with E-state index in [9.17, 15) is 24.0 Å². The van der Waals surface area contributed by atoms with Crippen LogP contribution in [0.4, 0.5) is 0 Å². The van der Waals surface area contributed by atoms with Crippen LogP contribution in [0.15, 0.2) is 46.9 Å². The number of fused-ring (bicyclic) bond motifs is 1. The van der Waals surface area contributed by atoms with Crippen LogP contribution >= 0.6 is 23.1 Å². The van der Waals surface area contributed by atoms with Crippen molar-refractivity contribution < 1.29 is 24.0 Å². The van der Waals surface area contributed by atoms with Gasteiger partial charge in [0.2, 0.25) is 29.5 Å². The Morgan fingerprint density at radius 1 is 0.918 bits per heavy atom. The van der Waals surface area contributed by atoms with E-state index in [2.05, 4.69) is 36.5 Å². The SMILES string of the molecule is CC(C)[C@@H]1NC(=O)[C@@H]2[C@H](C)CCN2C(=O)CN=C(N[C@H](C(=O)N[C@H](C(=O)N[C@@H](CCN2CCSCC2)c2nccs2)C(C)c2ccccc2)C(C)(C)C)[C@H](C(C)(C)C)NC1=O. The van der Waals surface area contributed by atoms with E-state index in [-0.39, 0.29) is 53.9 Å². The van der Waals surface area contributed by atoms with Crippen LogP contribution in [0.25, 0.3) is 0 Å². The Kier molecular flexibility index (Phi) is 16.5. The van der Waals surface area contributed by atoms with Crippen molar-refractivity contribution in [2.45, 2.75) is 124 Å². The number of amides is 5. The molecule has 5 amide bonds. The number of aliphatic imine (C=N–C) groups is 1. The van der Waals surface area contributed by atoms with E-state index >= 15 is 0 Å². The molecule has 0 bridgehead atoms. The van der Waals surface area contributed by atoms with E-state index in [1.54, 1.807) is 11.1 Å². The summed E-state index contributed by atoms with van der Waals surface area (Å²) >= 11 is 3.45. The number of carbonyl (C=O) groups is 5. The molecule has 2 saturated heterocycles. The Morgan fingerprint density at radius 2 is 1.61 bits per heavy atom. The molecule has 0 aliphatic carbocycles. The zero-order valence-corrected chi connectivity index (χ0v) is 39.4. The Balaban J connectivity index is 1.49. The van der Waals surface area contributed by atoms with E-state index in [0.29, 0.717) is 19.4 Å². The van der Waals surface area contributed by atoms with Gasteiger partial charge in [-0.2, -0.15) is 11.8 Å². The number of rotatable bonds is 12. The molecule has 1 aromatic heterocycles. The van der Waals surface area contributed by atoms with Gasteiger partial charge in [-0.05, 0) is 41.1 Å². The van der Waals surface area contributed by atoms with E-state index in [1.165, 1.54) is 11.3 Å². The fourth-order valence-electron chi connectivity index (χ4n) is 8.28. The van der Waals surface area contributed by atoms with Gasteiger partial charge < -0.3 is 36.4 Å². The summed E-state index contributed by atoms with van der Waals surface area (Å²) in [5, 5.41) is 18.7. The Labute approximate surface area is 371 Å². The molecule has 4 heterocycles. The van der Waals surface area contributed by atoms with Gasteiger partial charge in [-0.1, -0.05) is 99.6 Å². The summed E-state index contributed by atoms with van der Waals surface area (Å²) in [5.41, 5.74) is -0.519. The fourth-order valence-corrected chi connectivity index (χ4v) is 9.98. The molecule has 3 aliphatic heterocycles. The third-order valence-corrected chi connectivity index (χ3v) is 13.9. The van der Waals surface area contributed by atoms with Crippen LogP contribution < -0.4 is 26.6 Å². The molecule has 2 aromatic rings. The van der Waals surface area contributed by atoms with Crippen LogP contribution in [0.5, 0.6) is 0 Å². The van der Waals surface area contributed by atoms with Gasteiger partial charge in [-0.3, -0.25) is 29.0 Å². The van der Waals surface area contributed by atoms with Crippen LogP contribution in [0.3, 0.4) is 0 Å². The van der Waals surface area contributed by atoms with E-state index in [1.807, 2.05) is 117 Å². The molecule has 336 valence electrons. The third-order valence-electron chi connectivity index (χ3n) is 12.1. The summed E-state index contributed by atoms with van der Waals surface area (Å²) in [5.74, 6) is -0.167. The lowest BCUT2D eigenvalue weighted by Gasteiger charge is -2.39. The molecule has 0 saturated carbocycles. The van der Waals surface area contributed by atoms with Gasteiger partial charge in [-0.25, -0.2) is 4.98 Å². The average molecular weight is 880 g/mol. The first kappa shape index (κ1) is 48.0.